The van der Waals surface area contributed by atoms with E-state index in [0.29, 0.717) is 6.61 Å². The Bertz CT molecular complexity index is 238. The average molecular weight is 178 g/mol. The van der Waals surface area contributed by atoms with Crippen LogP contribution in [0.25, 0.3) is 0 Å². The van der Waals surface area contributed by atoms with Crippen molar-refractivity contribution in [3.05, 3.63) is 37.0 Å². The highest BCUT2D eigenvalue weighted by molar-refractivity contribution is 5.21. The highest BCUT2D eigenvalue weighted by atomic mass is 16.5. The van der Waals surface area contributed by atoms with Gasteiger partial charge in [-0.25, -0.2) is 0 Å². The van der Waals surface area contributed by atoms with Gasteiger partial charge in [-0.2, -0.15) is 5.26 Å². The van der Waals surface area contributed by atoms with Crippen molar-refractivity contribution in [1.29, 1.82) is 5.26 Å². The van der Waals surface area contributed by atoms with Crippen molar-refractivity contribution < 1.29 is 4.74 Å². The summed E-state index contributed by atoms with van der Waals surface area (Å²) < 4.78 is 5.16. The second-order valence-corrected chi connectivity index (χ2v) is 2.43. The summed E-state index contributed by atoms with van der Waals surface area (Å²) in [6, 6.07) is 1.32. The second-order valence-electron chi connectivity index (χ2n) is 2.43. The SMILES string of the molecule is C=C/C=C(\C=C)COCC(N)C#N. The monoisotopic (exact) mass is 178 g/mol. The summed E-state index contributed by atoms with van der Waals surface area (Å²) in [4.78, 5) is 0. The van der Waals surface area contributed by atoms with Crippen LogP contribution in [0.5, 0.6) is 0 Å². The number of allylic oxidation sites excluding steroid dienone is 2. The van der Waals surface area contributed by atoms with Crippen molar-refractivity contribution in [2.45, 2.75) is 6.04 Å². The van der Waals surface area contributed by atoms with E-state index in [1.165, 1.54) is 0 Å². The third-order valence-electron chi connectivity index (χ3n) is 1.33. The van der Waals surface area contributed by atoms with Crippen LogP contribution in [0.4, 0.5) is 0 Å². The molecule has 0 saturated carbocycles. The standard InChI is InChI=1S/C10H14N2O/c1-3-5-9(4-2)7-13-8-10(12)6-11/h3-5,10H,1-2,7-8,12H2/b9-5+. The molecule has 1 unspecified atom stereocenters. The van der Waals surface area contributed by atoms with Gasteiger partial charge in [-0.05, 0) is 5.57 Å². The number of nitriles is 1. The molecule has 0 spiro atoms. The van der Waals surface area contributed by atoms with E-state index < -0.39 is 6.04 Å². The fourth-order valence-corrected chi connectivity index (χ4v) is 0.667. The average Bonchev–Trinajstić information content (AvgIpc) is 2.16. The number of rotatable bonds is 6. The molecule has 0 rings (SSSR count). The van der Waals surface area contributed by atoms with Gasteiger partial charge in [0, 0.05) is 0 Å². The first-order valence-electron chi connectivity index (χ1n) is 3.91. The summed E-state index contributed by atoms with van der Waals surface area (Å²) in [6.07, 6.45) is 5.13. The Kier molecular flexibility index (Phi) is 6.52. The van der Waals surface area contributed by atoms with Crippen LogP contribution in [-0.4, -0.2) is 19.3 Å². The molecule has 0 aliphatic heterocycles. The van der Waals surface area contributed by atoms with Gasteiger partial charge in [0.2, 0.25) is 0 Å². The van der Waals surface area contributed by atoms with E-state index in [2.05, 4.69) is 13.2 Å². The molecule has 13 heavy (non-hydrogen) atoms. The molecule has 0 fully saturated rings. The van der Waals surface area contributed by atoms with Crippen LogP contribution in [0.2, 0.25) is 0 Å². The molecule has 0 bridgehead atoms. The summed E-state index contributed by atoms with van der Waals surface area (Å²) in [5, 5.41) is 8.35. The highest BCUT2D eigenvalue weighted by Gasteiger charge is 1.99. The minimum atomic E-state index is -0.560. The number of hydrogen-bond donors (Lipinski definition) is 1. The summed E-state index contributed by atoms with van der Waals surface area (Å²) >= 11 is 0. The maximum Gasteiger partial charge on any atom is 0.116 e. The zero-order chi connectivity index (χ0) is 10.1. The van der Waals surface area contributed by atoms with Crippen molar-refractivity contribution in [1.82, 2.24) is 0 Å². The molecule has 1 atom stereocenters. The Morgan fingerprint density at radius 1 is 1.62 bits per heavy atom. The zero-order valence-electron chi connectivity index (χ0n) is 7.57. The lowest BCUT2D eigenvalue weighted by atomic mass is 10.2. The molecule has 3 nitrogen and oxygen atoms in total. The van der Waals surface area contributed by atoms with Gasteiger partial charge in [-0.3, -0.25) is 0 Å². The molecular weight excluding hydrogens is 164 g/mol. The summed E-state index contributed by atoms with van der Waals surface area (Å²) in [7, 11) is 0. The molecular formula is C10H14N2O. The molecule has 2 N–H and O–H groups in total. The molecule has 0 aliphatic carbocycles. The van der Waals surface area contributed by atoms with Crippen molar-refractivity contribution in [2.24, 2.45) is 5.73 Å². The first kappa shape index (κ1) is 11.6. The van der Waals surface area contributed by atoms with Gasteiger partial charge in [0.15, 0.2) is 0 Å². The largest absolute Gasteiger partial charge is 0.374 e. The van der Waals surface area contributed by atoms with Crippen molar-refractivity contribution in [3.8, 4) is 6.07 Å². The summed E-state index contributed by atoms with van der Waals surface area (Å²) in [5.74, 6) is 0. The predicted molar refractivity (Wildman–Crippen MR) is 52.9 cm³/mol. The molecule has 0 radical (unpaired) electrons. The molecule has 3 heteroatoms. The third kappa shape index (κ3) is 5.85. The van der Waals surface area contributed by atoms with Crippen LogP contribution in [0.1, 0.15) is 0 Å². The third-order valence-corrected chi connectivity index (χ3v) is 1.33. The molecule has 0 aromatic carbocycles. The minimum Gasteiger partial charge on any atom is -0.374 e. The molecule has 0 heterocycles. The van der Waals surface area contributed by atoms with E-state index in [1.807, 2.05) is 6.07 Å². The van der Waals surface area contributed by atoms with Gasteiger partial charge in [0.25, 0.3) is 0 Å². The molecule has 0 amide bonds. The Labute approximate surface area is 78.8 Å². The molecule has 0 aliphatic rings. The van der Waals surface area contributed by atoms with E-state index in [-0.39, 0.29) is 6.61 Å². The van der Waals surface area contributed by atoms with Crippen LogP contribution < -0.4 is 5.73 Å². The molecule has 0 aromatic rings. The van der Waals surface area contributed by atoms with Crippen LogP contribution in [-0.2, 0) is 4.74 Å². The Balaban J connectivity index is 3.75. The number of ether oxygens (including phenoxy) is 1. The molecule has 70 valence electrons. The van der Waals surface area contributed by atoms with Crippen LogP contribution in [0.3, 0.4) is 0 Å². The van der Waals surface area contributed by atoms with Crippen LogP contribution in [0.15, 0.2) is 37.0 Å². The number of nitrogens with zero attached hydrogens (tertiary/aromatic N) is 1. The van der Waals surface area contributed by atoms with Crippen LogP contribution in [0, 0.1) is 11.3 Å². The van der Waals surface area contributed by atoms with Gasteiger partial charge < -0.3 is 10.5 Å². The van der Waals surface area contributed by atoms with Gasteiger partial charge >= 0.3 is 0 Å². The minimum absolute atomic E-state index is 0.235. The topological polar surface area (TPSA) is 59.0 Å². The maximum atomic E-state index is 8.35. The van der Waals surface area contributed by atoms with Crippen LogP contribution >= 0.6 is 0 Å². The van der Waals surface area contributed by atoms with E-state index in [9.17, 15) is 0 Å². The van der Waals surface area contributed by atoms with Gasteiger partial charge in [-0.15, -0.1) is 0 Å². The quantitative estimate of drug-likeness (QED) is 0.621. The first-order valence-corrected chi connectivity index (χ1v) is 3.91. The van der Waals surface area contributed by atoms with Crippen molar-refractivity contribution >= 4 is 0 Å². The van der Waals surface area contributed by atoms with E-state index in [0.717, 1.165) is 5.57 Å². The summed E-state index contributed by atoms with van der Waals surface area (Å²) in [6.45, 7) is 7.80. The van der Waals surface area contributed by atoms with E-state index >= 15 is 0 Å². The predicted octanol–water partition coefficient (Wildman–Crippen LogP) is 1.15. The van der Waals surface area contributed by atoms with Crippen molar-refractivity contribution in [3.63, 3.8) is 0 Å². The normalized spacial score (nSPS) is 13.1. The number of hydrogen-bond acceptors (Lipinski definition) is 3. The van der Waals surface area contributed by atoms with Crippen molar-refractivity contribution in [2.75, 3.05) is 13.2 Å². The fraction of sp³-hybridized carbons (Fsp3) is 0.300. The van der Waals surface area contributed by atoms with E-state index in [1.54, 1.807) is 18.2 Å². The summed E-state index contributed by atoms with van der Waals surface area (Å²) in [5.41, 5.74) is 6.24. The Hall–Kier alpha value is -1.37. The van der Waals surface area contributed by atoms with E-state index in [4.69, 9.17) is 15.7 Å². The Morgan fingerprint density at radius 3 is 2.77 bits per heavy atom. The lowest BCUT2D eigenvalue weighted by Gasteiger charge is -2.05. The maximum absolute atomic E-state index is 8.35. The fourth-order valence-electron chi connectivity index (χ4n) is 0.667. The lowest BCUT2D eigenvalue weighted by molar-refractivity contribution is 0.154. The molecule has 0 aromatic heterocycles. The lowest BCUT2D eigenvalue weighted by Crippen LogP contribution is -2.24. The van der Waals surface area contributed by atoms with Gasteiger partial charge in [0.05, 0.1) is 19.3 Å². The van der Waals surface area contributed by atoms with Gasteiger partial charge in [-0.1, -0.05) is 31.4 Å². The second kappa shape index (κ2) is 7.29. The smallest absolute Gasteiger partial charge is 0.116 e. The first-order chi connectivity index (χ1) is 6.24. The number of nitrogens with two attached hydrogens (primary N) is 1. The zero-order valence-corrected chi connectivity index (χ0v) is 7.57. The Morgan fingerprint density at radius 2 is 2.31 bits per heavy atom. The highest BCUT2D eigenvalue weighted by Crippen LogP contribution is 1.97. The van der Waals surface area contributed by atoms with Gasteiger partial charge in [0.1, 0.15) is 6.04 Å². The molecule has 0 saturated heterocycles.